The third-order valence-corrected chi connectivity index (χ3v) is 2.77. The molecule has 0 heterocycles. The van der Waals surface area contributed by atoms with E-state index in [-0.39, 0.29) is 5.75 Å². The highest BCUT2D eigenvalue weighted by atomic mass is 35.5. The van der Waals surface area contributed by atoms with Crippen molar-refractivity contribution in [1.29, 1.82) is 5.26 Å². The van der Waals surface area contributed by atoms with E-state index in [1.807, 2.05) is 6.07 Å². The quantitative estimate of drug-likeness (QED) is 0.918. The molecule has 4 heteroatoms. The summed E-state index contributed by atoms with van der Waals surface area (Å²) in [6.07, 6.45) is 0. The van der Waals surface area contributed by atoms with E-state index in [9.17, 15) is 0 Å². The largest absolute Gasteiger partial charge is 0.508 e. The zero-order valence-electron chi connectivity index (χ0n) is 9.43. The number of phenolic OH excluding ortho intramolecular Hbond substituents is 1. The predicted molar refractivity (Wildman–Crippen MR) is 68.6 cm³/mol. The first-order valence-electron chi connectivity index (χ1n) is 5.29. The summed E-state index contributed by atoms with van der Waals surface area (Å²) in [6, 6.07) is 13.5. The van der Waals surface area contributed by atoms with Crippen molar-refractivity contribution in [2.75, 3.05) is 0 Å². The summed E-state index contributed by atoms with van der Waals surface area (Å²) in [7, 11) is 0. The van der Waals surface area contributed by atoms with E-state index in [1.54, 1.807) is 42.5 Å². The molecule has 2 aromatic carbocycles. The van der Waals surface area contributed by atoms with Gasteiger partial charge in [-0.15, -0.1) is 0 Å². The number of hydrogen-bond donors (Lipinski definition) is 1. The minimum absolute atomic E-state index is 0.193. The van der Waals surface area contributed by atoms with Gasteiger partial charge in [0.25, 0.3) is 0 Å². The Hall–Kier alpha value is -2.18. The number of aromatic hydroxyl groups is 1. The first-order chi connectivity index (χ1) is 8.69. The number of ether oxygens (including phenoxy) is 1. The Kier molecular flexibility index (Phi) is 3.71. The van der Waals surface area contributed by atoms with Crippen LogP contribution in [0, 0.1) is 11.3 Å². The van der Waals surface area contributed by atoms with Gasteiger partial charge in [-0.05, 0) is 36.4 Å². The van der Waals surface area contributed by atoms with Gasteiger partial charge in [-0.1, -0.05) is 17.7 Å². The van der Waals surface area contributed by atoms with Crippen molar-refractivity contribution in [3.63, 3.8) is 0 Å². The maximum absolute atomic E-state index is 9.14. The highest BCUT2D eigenvalue weighted by Crippen LogP contribution is 2.21. The molecule has 0 radical (unpaired) electrons. The second-order valence-corrected chi connectivity index (χ2v) is 4.11. The van der Waals surface area contributed by atoms with Crippen LogP contribution in [0.15, 0.2) is 42.5 Å². The summed E-state index contributed by atoms with van der Waals surface area (Å²) in [5.74, 6) is 0.840. The maximum Gasteiger partial charge on any atom is 0.120 e. The molecule has 0 aliphatic carbocycles. The molecule has 0 unspecified atom stereocenters. The molecule has 2 rings (SSSR count). The third kappa shape index (κ3) is 2.93. The fourth-order valence-electron chi connectivity index (χ4n) is 1.44. The lowest BCUT2D eigenvalue weighted by Crippen LogP contribution is -1.96. The number of nitriles is 1. The zero-order chi connectivity index (χ0) is 13.0. The van der Waals surface area contributed by atoms with Crippen molar-refractivity contribution in [3.8, 4) is 17.6 Å². The van der Waals surface area contributed by atoms with Crippen LogP contribution in [0.25, 0.3) is 0 Å². The van der Waals surface area contributed by atoms with Crippen molar-refractivity contribution in [1.82, 2.24) is 0 Å². The average molecular weight is 260 g/mol. The first-order valence-corrected chi connectivity index (χ1v) is 5.67. The van der Waals surface area contributed by atoms with Gasteiger partial charge in [-0.3, -0.25) is 0 Å². The van der Waals surface area contributed by atoms with Crippen LogP contribution in [0.1, 0.15) is 11.1 Å². The molecule has 0 fully saturated rings. The number of nitrogens with zero attached hydrogens (tertiary/aromatic N) is 1. The topological polar surface area (TPSA) is 53.2 Å². The van der Waals surface area contributed by atoms with E-state index in [0.29, 0.717) is 22.9 Å². The molecule has 1 N–H and O–H groups in total. The fraction of sp³-hybridized carbons (Fsp3) is 0.0714. The molecule has 18 heavy (non-hydrogen) atoms. The van der Waals surface area contributed by atoms with Gasteiger partial charge in [0.2, 0.25) is 0 Å². The fourth-order valence-corrected chi connectivity index (χ4v) is 1.67. The summed E-state index contributed by atoms with van der Waals surface area (Å²) in [4.78, 5) is 0. The van der Waals surface area contributed by atoms with Crippen molar-refractivity contribution in [2.45, 2.75) is 6.61 Å². The summed E-state index contributed by atoms with van der Waals surface area (Å²) in [5, 5.41) is 18.4. The summed E-state index contributed by atoms with van der Waals surface area (Å²) >= 11 is 6.03. The molecule has 0 aromatic heterocycles. The monoisotopic (exact) mass is 259 g/mol. The van der Waals surface area contributed by atoms with Gasteiger partial charge in [0.05, 0.1) is 11.6 Å². The van der Waals surface area contributed by atoms with Crippen LogP contribution in [0.2, 0.25) is 5.02 Å². The number of halogens is 1. The van der Waals surface area contributed by atoms with E-state index in [2.05, 4.69) is 0 Å². The van der Waals surface area contributed by atoms with Gasteiger partial charge in [-0.25, -0.2) is 0 Å². The highest BCUT2D eigenvalue weighted by Gasteiger charge is 2.03. The van der Waals surface area contributed by atoms with Gasteiger partial charge < -0.3 is 9.84 Å². The molecule has 0 spiro atoms. The Morgan fingerprint density at radius 2 is 1.89 bits per heavy atom. The second-order valence-electron chi connectivity index (χ2n) is 3.70. The van der Waals surface area contributed by atoms with Crippen LogP contribution in [0.5, 0.6) is 11.5 Å². The first kappa shape index (κ1) is 12.3. The van der Waals surface area contributed by atoms with Gasteiger partial charge in [0.15, 0.2) is 0 Å². The van der Waals surface area contributed by atoms with E-state index < -0.39 is 0 Å². The maximum atomic E-state index is 9.14. The smallest absolute Gasteiger partial charge is 0.120 e. The number of benzene rings is 2. The summed E-state index contributed by atoms with van der Waals surface area (Å²) in [6.45, 7) is 0.315. The minimum Gasteiger partial charge on any atom is -0.508 e. The molecule has 0 saturated carbocycles. The Bertz CT molecular complexity index is 588. The Morgan fingerprint density at radius 3 is 2.50 bits per heavy atom. The van der Waals surface area contributed by atoms with Crippen LogP contribution in [-0.2, 0) is 6.61 Å². The normalized spacial score (nSPS) is 9.78. The third-order valence-electron chi connectivity index (χ3n) is 2.41. The lowest BCUT2D eigenvalue weighted by molar-refractivity contribution is 0.305. The van der Waals surface area contributed by atoms with Crippen molar-refractivity contribution < 1.29 is 9.84 Å². The number of rotatable bonds is 3. The molecular weight excluding hydrogens is 250 g/mol. The molecule has 0 amide bonds. The van der Waals surface area contributed by atoms with Crippen molar-refractivity contribution >= 4 is 11.6 Å². The minimum atomic E-state index is 0.193. The number of phenols is 1. The second kappa shape index (κ2) is 5.44. The molecule has 3 nitrogen and oxygen atoms in total. The van der Waals surface area contributed by atoms with Gasteiger partial charge in [0, 0.05) is 10.6 Å². The van der Waals surface area contributed by atoms with Crippen LogP contribution >= 0.6 is 11.6 Å². The van der Waals surface area contributed by atoms with E-state index >= 15 is 0 Å². The molecule has 0 bridgehead atoms. The van der Waals surface area contributed by atoms with E-state index in [0.717, 1.165) is 5.56 Å². The molecule has 0 aliphatic rings. The summed E-state index contributed by atoms with van der Waals surface area (Å²) < 4.78 is 5.52. The molecule has 90 valence electrons. The Balaban J connectivity index is 2.06. The summed E-state index contributed by atoms with van der Waals surface area (Å²) in [5.41, 5.74) is 1.33. The standard InChI is InChI=1S/C14H10ClNO2/c15-14-7-10(8-16)1-2-11(14)9-18-13-5-3-12(17)4-6-13/h1-7,17H,9H2. The zero-order valence-corrected chi connectivity index (χ0v) is 10.2. The number of hydrogen-bond acceptors (Lipinski definition) is 3. The SMILES string of the molecule is N#Cc1ccc(COc2ccc(O)cc2)c(Cl)c1. The van der Waals surface area contributed by atoms with Gasteiger partial charge in [-0.2, -0.15) is 5.26 Å². The molecular formula is C14H10ClNO2. The molecule has 0 aliphatic heterocycles. The lowest BCUT2D eigenvalue weighted by atomic mass is 10.1. The van der Waals surface area contributed by atoms with Crippen molar-refractivity contribution in [2.24, 2.45) is 0 Å². The van der Waals surface area contributed by atoms with Crippen LogP contribution in [-0.4, -0.2) is 5.11 Å². The highest BCUT2D eigenvalue weighted by molar-refractivity contribution is 6.31. The van der Waals surface area contributed by atoms with Crippen LogP contribution in [0.3, 0.4) is 0 Å². The average Bonchev–Trinajstić information content (AvgIpc) is 2.39. The Labute approximate surface area is 110 Å². The Morgan fingerprint density at radius 1 is 1.17 bits per heavy atom. The molecule has 2 aromatic rings. The van der Waals surface area contributed by atoms with E-state index in [1.165, 1.54) is 0 Å². The van der Waals surface area contributed by atoms with Gasteiger partial charge in [0.1, 0.15) is 18.1 Å². The van der Waals surface area contributed by atoms with Crippen LogP contribution in [0.4, 0.5) is 0 Å². The lowest BCUT2D eigenvalue weighted by Gasteiger charge is -2.08. The van der Waals surface area contributed by atoms with E-state index in [4.69, 9.17) is 26.7 Å². The predicted octanol–water partition coefficient (Wildman–Crippen LogP) is 3.50. The van der Waals surface area contributed by atoms with Crippen LogP contribution < -0.4 is 4.74 Å². The van der Waals surface area contributed by atoms with Gasteiger partial charge >= 0.3 is 0 Å². The van der Waals surface area contributed by atoms with Crippen molar-refractivity contribution in [3.05, 3.63) is 58.6 Å². The molecule has 0 saturated heterocycles. The molecule has 0 atom stereocenters.